The molecule has 17 heavy (non-hydrogen) atoms. The SMILES string of the molecule is CCC(O)(CC)CC1(C(=O)O)CCS(=O)(=O)C1. The fourth-order valence-electron chi connectivity index (χ4n) is 2.43. The number of carbonyl (C=O) groups is 1. The van der Waals surface area contributed by atoms with E-state index in [1.165, 1.54) is 0 Å². The molecule has 1 saturated heterocycles. The standard InChI is InChI=1S/C11H20O5S/c1-3-11(14,4-2)7-10(9(12)13)5-6-17(15,16)8-10/h14H,3-8H2,1-2H3,(H,12,13). The van der Waals surface area contributed by atoms with Gasteiger partial charge in [-0.2, -0.15) is 0 Å². The van der Waals surface area contributed by atoms with Crippen molar-refractivity contribution in [1.82, 2.24) is 0 Å². The van der Waals surface area contributed by atoms with Crippen LogP contribution in [-0.4, -0.2) is 41.7 Å². The third kappa shape index (κ3) is 2.98. The molecule has 1 fully saturated rings. The Kier molecular flexibility index (Phi) is 3.88. The number of carboxylic acid groups (broad SMARTS) is 1. The van der Waals surface area contributed by atoms with Crippen molar-refractivity contribution in [2.45, 2.75) is 45.1 Å². The van der Waals surface area contributed by atoms with E-state index in [1.54, 1.807) is 13.8 Å². The minimum absolute atomic E-state index is 0.0154. The summed E-state index contributed by atoms with van der Waals surface area (Å²) < 4.78 is 22.9. The first kappa shape index (κ1) is 14.4. The highest BCUT2D eigenvalue weighted by Crippen LogP contribution is 2.41. The van der Waals surface area contributed by atoms with Crippen molar-refractivity contribution in [3.8, 4) is 0 Å². The maximum absolute atomic E-state index is 11.5. The van der Waals surface area contributed by atoms with Crippen LogP contribution in [-0.2, 0) is 14.6 Å². The summed E-state index contributed by atoms with van der Waals surface area (Å²) in [5, 5.41) is 19.5. The van der Waals surface area contributed by atoms with E-state index >= 15 is 0 Å². The number of carboxylic acids is 1. The van der Waals surface area contributed by atoms with Crippen LogP contribution in [0.15, 0.2) is 0 Å². The average molecular weight is 264 g/mol. The molecule has 0 saturated carbocycles. The van der Waals surface area contributed by atoms with E-state index in [1.807, 2.05) is 0 Å². The smallest absolute Gasteiger partial charge is 0.310 e. The van der Waals surface area contributed by atoms with Gasteiger partial charge in [0, 0.05) is 0 Å². The summed E-state index contributed by atoms with van der Waals surface area (Å²) in [7, 11) is -3.28. The van der Waals surface area contributed by atoms with Gasteiger partial charge in [0.25, 0.3) is 0 Å². The van der Waals surface area contributed by atoms with E-state index in [-0.39, 0.29) is 24.3 Å². The Hall–Kier alpha value is -0.620. The molecule has 1 unspecified atom stereocenters. The molecule has 2 N–H and O–H groups in total. The third-order valence-corrected chi connectivity index (χ3v) is 5.64. The largest absolute Gasteiger partial charge is 0.481 e. The Morgan fingerprint density at radius 1 is 1.35 bits per heavy atom. The zero-order valence-corrected chi connectivity index (χ0v) is 11.1. The molecule has 0 radical (unpaired) electrons. The summed E-state index contributed by atoms with van der Waals surface area (Å²) in [6, 6.07) is 0. The fourth-order valence-corrected chi connectivity index (χ4v) is 4.49. The maximum atomic E-state index is 11.5. The molecule has 0 aromatic carbocycles. The predicted molar refractivity (Wildman–Crippen MR) is 63.5 cm³/mol. The van der Waals surface area contributed by atoms with Gasteiger partial charge >= 0.3 is 5.97 Å². The zero-order valence-electron chi connectivity index (χ0n) is 10.3. The van der Waals surface area contributed by atoms with Crippen LogP contribution in [0.3, 0.4) is 0 Å². The molecule has 6 heteroatoms. The molecule has 0 aromatic heterocycles. The van der Waals surface area contributed by atoms with Gasteiger partial charge in [-0.25, -0.2) is 8.42 Å². The first-order valence-electron chi connectivity index (χ1n) is 5.85. The second-order valence-electron chi connectivity index (χ2n) is 5.04. The molecule has 1 aliphatic rings. The summed E-state index contributed by atoms with van der Waals surface area (Å²) in [5.74, 6) is -1.56. The molecule has 0 aromatic rings. The Bertz CT molecular complexity index is 396. The number of hydrogen-bond acceptors (Lipinski definition) is 4. The maximum Gasteiger partial charge on any atom is 0.310 e. The molecule has 100 valence electrons. The molecule has 0 aliphatic carbocycles. The highest BCUT2D eigenvalue weighted by molar-refractivity contribution is 7.91. The monoisotopic (exact) mass is 264 g/mol. The van der Waals surface area contributed by atoms with E-state index in [4.69, 9.17) is 0 Å². The van der Waals surface area contributed by atoms with Gasteiger partial charge in [0.1, 0.15) is 0 Å². The fraction of sp³-hybridized carbons (Fsp3) is 0.909. The summed E-state index contributed by atoms with van der Waals surface area (Å²) in [6.07, 6.45) is 0.978. The third-order valence-electron chi connectivity index (χ3n) is 3.83. The Morgan fingerprint density at radius 3 is 2.18 bits per heavy atom. The van der Waals surface area contributed by atoms with E-state index in [2.05, 4.69) is 0 Å². The summed E-state index contributed by atoms with van der Waals surface area (Å²) in [6.45, 7) is 3.56. The van der Waals surface area contributed by atoms with Gasteiger partial charge in [-0.3, -0.25) is 4.79 Å². The van der Waals surface area contributed by atoms with Crippen molar-refractivity contribution < 1.29 is 23.4 Å². The van der Waals surface area contributed by atoms with Gasteiger partial charge in [0.15, 0.2) is 9.84 Å². The Labute approximate surface area is 102 Å². The molecule has 1 rings (SSSR count). The van der Waals surface area contributed by atoms with Crippen molar-refractivity contribution in [1.29, 1.82) is 0 Å². The second kappa shape index (κ2) is 4.57. The van der Waals surface area contributed by atoms with E-state index in [0.717, 1.165) is 0 Å². The molecule has 0 amide bonds. The minimum atomic E-state index is -3.28. The van der Waals surface area contributed by atoms with Crippen LogP contribution in [0.4, 0.5) is 0 Å². The van der Waals surface area contributed by atoms with Gasteiger partial charge < -0.3 is 10.2 Å². The van der Waals surface area contributed by atoms with Gasteiger partial charge in [-0.05, 0) is 25.7 Å². The van der Waals surface area contributed by atoms with Crippen molar-refractivity contribution >= 4 is 15.8 Å². The van der Waals surface area contributed by atoms with Crippen LogP contribution < -0.4 is 0 Å². The molecule has 0 spiro atoms. The molecule has 1 aliphatic heterocycles. The van der Waals surface area contributed by atoms with E-state index in [9.17, 15) is 23.4 Å². The lowest BCUT2D eigenvalue weighted by molar-refractivity contribution is -0.152. The number of sulfone groups is 1. The first-order valence-corrected chi connectivity index (χ1v) is 7.67. The molecular weight excluding hydrogens is 244 g/mol. The lowest BCUT2D eigenvalue weighted by Crippen LogP contribution is -2.42. The summed E-state index contributed by atoms with van der Waals surface area (Å²) in [4.78, 5) is 11.3. The number of aliphatic hydroxyl groups is 1. The van der Waals surface area contributed by atoms with Crippen LogP contribution >= 0.6 is 0 Å². The molecule has 0 bridgehead atoms. The Morgan fingerprint density at radius 2 is 1.88 bits per heavy atom. The Balaban J connectivity index is 3.00. The van der Waals surface area contributed by atoms with Crippen molar-refractivity contribution in [3.05, 3.63) is 0 Å². The van der Waals surface area contributed by atoms with E-state index < -0.39 is 26.8 Å². The number of rotatable bonds is 5. The predicted octanol–water partition coefficient (Wildman–Crippen LogP) is 0.817. The normalized spacial score (nSPS) is 28.2. The molecule has 1 heterocycles. The topological polar surface area (TPSA) is 91.7 Å². The van der Waals surface area contributed by atoms with Crippen LogP contribution in [0, 0.1) is 5.41 Å². The summed E-state index contributed by atoms with van der Waals surface area (Å²) >= 11 is 0. The van der Waals surface area contributed by atoms with Crippen LogP contribution in [0.25, 0.3) is 0 Å². The van der Waals surface area contributed by atoms with Crippen LogP contribution in [0.5, 0.6) is 0 Å². The molecule has 5 nitrogen and oxygen atoms in total. The zero-order chi connectivity index (χ0) is 13.3. The van der Waals surface area contributed by atoms with Gasteiger partial charge in [0.05, 0.1) is 22.5 Å². The first-order chi connectivity index (χ1) is 7.69. The molecule has 1 atom stereocenters. The summed E-state index contributed by atoms with van der Waals surface area (Å²) in [5.41, 5.74) is -2.39. The molecular formula is C11H20O5S. The highest BCUT2D eigenvalue weighted by Gasteiger charge is 2.51. The lowest BCUT2D eigenvalue weighted by atomic mass is 9.75. The van der Waals surface area contributed by atoms with Crippen molar-refractivity contribution in [2.24, 2.45) is 5.41 Å². The highest BCUT2D eigenvalue weighted by atomic mass is 32.2. The second-order valence-corrected chi connectivity index (χ2v) is 7.22. The average Bonchev–Trinajstić information content (AvgIpc) is 2.55. The minimum Gasteiger partial charge on any atom is -0.481 e. The van der Waals surface area contributed by atoms with Crippen LogP contribution in [0.2, 0.25) is 0 Å². The van der Waals surface area contributed by atoms with Gasteiger partial charge in [-0.15, -0.1) is 0 Å². The van der Waals surface area contributed by atoms with Crippen molar-refractivity contribution in [3.63, 3.8) is 0 Å². The van der Waals surface area contributed by atoms with Gasteiger partial charge in [-0.1, -0.05) is 13.8 Å². The van der Waals surface area contributed by atoms with Crippen LogP contribution in [0.1, 0.15) is 39.5 Å². The van der Waals surface area contributed by atoms with E-state index in [0.29, 0.717) is 12.8 Å². The quantitative estimate of drug-likeness (QED) is 0.767. The van der Waals surface area contributed by atoms with Crippen molar-refractivity contribution in [2.75, 3.05) is 11.5 Å². The number of aliphatic carboxylic acids is 1. The van der Waals surface area contributed by atoms with Gasteiger partial charge in [0.2, 0.25) is 0 Å². The number of hydrogen-bond donors (Lipinski definition) is 2. The lowest BCUT2D eigenvalue weighted by Gasteiger charge is -2.33.